The Labute approximate surface area is 233 Å². The summed E-state index contributed by atoms with van der Waals surface area (Å²) < 4.78 is 34.6. The van der Waals surface area contributed by atoms with Gasteiger partial charge in [-0.2, -0.15) is 4.31 Å². The molecule has 0 unspecified atom stereocenters. The summed E-state index contributed by atoms with van der Waals surface area (Å²) in [6.45, 7) is 2.09. The van der Waals surface area contributed by atoms with Crippen LogP contribution in [0.3, 0.4) is 0 Å². The fourth-order valence-electron chi connectivity index (χ4n) is 4.71. The minimum absolute atomic E-state index is 0.185. The van der Waals surface area contributed by atoms with Crippen LogP contribution < -0.4 is 9.64 Å². The molecule has 0 atom stereocenters. The molecule has 5 rings (SSSR count). The van der Waals surface area contributed by atoms with Crippen molar-refractivity contribution in [3.63, 3.8) is 0 Å². The van der Waals surface area contributed by atoms with Crippen LogP contribution in [0.2, 0.25) is 0 Å². The van der Waals surface area contributed by atoms with Crippen LogP contribution in [0, 0.1) is 0 Å². The van der Waals surface area contributed by atoms with Crippen LogP contribution in [-0.2, 0) is 23.0 Å². The lowest BCUT2D eigenvalue weighted by atomic mass is 10.0. The van der Waals surface area contributed by atoms with Crippen LogP contribution in [0.1, 0.15) is 27.9 Å². The molecule has 0 saturated carbocycles. The van der Waals surface area contributed by atoms with Gasteiger partial charge in [0.05, 0.1) is 22.2 Å². The van der Waals surface area contributed by atoms with Crippen LogP contribution in [0.5, 0.6) is 5.75 Å². The Morgan fingerprint density at radius 2 is 1.77 bits per heavy atom. The zero-order valence-corrected chi connectivity index (χ0v) is 24.0. The highest BCUT2D eigenvalue weighted by molar-refractivity contribution is 7.89. The highest BCUT2D eigenvalue weighted by Gasteiger charge is 2.29. The lowest BCUT2D eigenvalue weighted by molar-refractivity contribution is 0.0986. The fraction of sp³-hybridized carbons (Fsp3) is 0.310. The average molecular weight is 565 g/mol. The lowest BCUT2D eigenvalue weighted by Gasteiger charge is -2.28. The zero-order chi connectivity index (χ0) is 27.6. The maximum absolute atomic E-state index is 13.7. The van der Waals surface area contributed by atoms with Crippen LogP contribution in [0.25, 0.3) is 10.2 Å². The minimum atomic E-state index is -3.69. The van der Waals surface area contributed by atoms with Crippen LogP contribution in [-0.4, -0.2) is 69.4 Å². The molecule has 1 aromatic heterocycles. The number of thiazole rings is 1. The Kier molecular flexibility index (Phi) is 7.99. The number of rotatable bonds is 9. The Morgan fingerprint density at radius 1 is 1.03 bits per heavy atom. The van der Waals surface area contributed by atoms with Gasteiger partial charge in [0, 0.05) is 25.2 Å². The van der Waals surface area contributed by atoms with Gasteiger partial charge < -0.3 is 9.64 Å². The summed E-state index contributed by atoms with van der Waals surface area (Å²) in [6.07, 6.45) is 1.45. The molecule has 0 aliphatic carbocycles. The SMILES string of the molecule is COc1ccc2nc(N(CCCN(C)C)C(=O)c3ccc(S(=O)(=O)N4CCc5ccccc5C4)cc3)sc2c1. The molecule has 8 nitrogen and oxygen atoms in total. The number of carbonyl (C=O) groups excluding carboxylic acids is 1. The molecule has 204 valence electrons. The van der Waals surface area contributed by atoms with E-state index in [1.807, 2.05) is 56.6 Å². The number of aromatic nitrogens is 1. The number of carbonyl (C=O) groups is 1. The Bertz CT molecular complexity index is 1580. The molecule has 0 bridgehead atoms. The van der Waals surface area contributed by atoms with Crippen molar-refractivity contribution in [2.45, 2.75) is 24.3 Å². The number of benzene rings is 3. The predicted molar refractivity (Wildman–Crippen MR) is 155 cm³/mol. The number of anilines is 1. The van der Waals surface area contributed by atoms with Gasteiger partial charge in [-0.15, -0.1) is 0 Å². The van der Waals surface area contributed by atoms with Crippen molar-refractivity contribution in [1.29, 1.82) is 0 Å². The standard InChI is InChI=1S/C29H32N4O4S2/c1-31(2)16-6-17-33(29-30-26-14-11-24(37-3)19-27(26)38-29)28(34)22-9-12-25(13-10-22)39(35,36)32-18-15-21-7-4-5-8-23(21)20-32/h4-5,7-14,19H,6,15-18,20H2,1-3H3. The Balaban J connectivity index is 1.39. The van der Waals surface area contributed by atoms with Gasteiger partial charge in [-0.3, -0.25) is 9.69 Å². The van der Waals surface area contributed by atoms with E-state index in [9.17, 15) is 13.2 Å². The topological polar surface area (TPSA) is 83.0 Å². The highest BCUT2D eigenvalue weighted by atomic mass is 32.2. The first-order valence-electron chi connectivity index (χ1n) is 12.8. The summed E-state index contributed by atoms with van der Waals surface area (Å²) in [6, 6.07) is 19.8. The van der Waals surface area contributed by atoms with Crippen LogP contribution in [0.15, 0.2) is 71.6 Å². The maximum Gasteiger partial charge on any atom is 0.260 e. The molecule has 1 aliphatic rings. The molecule has 1 aliphatic heterocycles. The monoisotopic (exact) mass is 564 g/mol. The molecule has 2 heterocycles. The maximum atomic E-state index is 13.7. The molecule has 0 saturated heterocycles. The quantitative estimate of drug-likeness (QED) is 0.294. The van der Waals surface area contributed by atoms with E-state index in [0.717, 1.165) is 34.5 Å². The third-order valence-corrected chi connectivity index (χ3v) is 9.78. The second-order valence-electron chi connectivity index (χ2n) is 9.83. The predicted octanol–water partition coefficient (Wildman–Crippen LogP) is 4.65. The molecule has 3 aromatic carbocycles. The van der Waals surface area contributed by atoms with Crippen molar-refractivity contribution in [3.8, 4) is 5.75 Å². The van der Waals surface area contributed by atoms with Gasteiger partial charge in [-0.05, 0) is 87.1 Å². The van der Waals surface area contributed by atoms with Crippen molar-refractivity contribution in [3.05, 3.63) is 83.4 Å². The Hall–Kier alpha value is -3.31. The van der Waals surface area contributed by atoms with E-state index in [4.69, 9.17) is 9.72 Å². The third-order valence-electron chi connectivity index (χ3n) is 6.88. The first kappa shape index (κ1) is 27.3. The summed E-state index contributed by atoms with van der Waals surface area (Å²) in [4.78, 5) is 22.4. The molecular formula is C29H32N4O4S2. The number of amides is 1. The van der Waals surface area contributed by atoms with Crippen molar-refractivity contribution in [2.24, 2.45) is 0 Å². The fourth-order valence-corrected chi connectivity index (χ4v) is 7.15. The number of nitrogens with zero attached hydrogens (tertiary/aromatic N) is 4. The molecule has 0 spiro atoms. The van der Waals surface area contributed by atoms with Gasteiger partial charge in [0.25, 0.3) is 5.91 Å². The zero-order valence-electron chi connectivity index (χ0n) is 22.3. The molecule has 1 amide bonds. The van der Waals surface area contributed by atoms with Crippen LogP contribution >= 0.6 is 11.3 Å². The molecule has 0 N–H and O–H groups in total. The molecule has 4 aromatic rings. The Morgan fingerprint density at radius 3 is 2.49 bits per heavy atom. The average Bonchev–Trinajstić information content (AvgIpc) is 3.37. The summed E-state index contributed by atoms with van der Waals surface area (Å²) in [5, 5.41) is 0.602. The van der Waals surface area contributed by atoms with E-state index in [1.54, 1.807) is 24.1 Å². The number of ether oxygens (including phenoxy) is 1. The first-order chi connectivity index (χ1) is 18.8. The summed E-state index contributed by atoms with van der Waals surface area (Å²) in [7, 11) is 1.93. The summed E-state index contributed by atoms with van der Waals surface area (Å²) >= 11 is 1.44. The van der Waals surface area contributed by atoms with E-state index >= 15 is 0 Å². The van der Waals surface area contributed by atoms with Gasteiger partial charge in [0.1, 0.15) is 5.75 Å². The molecule has 10 heteroatoms. The number of hydrogen-bond donors (Lipinski definition) is 0. The number of hydrogen-bond acceptors (Lipinski definition) is 7. The smallest absolute Gasteiger partial charge is 0.260 e. The first-order valence-corrected chi connectivity index (χ1v) is 15.1. The van der Waals surface area contributed by atoms with Gasteiger partial charge in [-0.25, -0.2) is 13.4 Å². The molecule has 0 radical (unpaired) electrons. The number of methoxy groups -OCH3 is 1. The number of fused-ring (bicyclic) bond motifs is 2. The van der Waals surface area contributed by atoms with E-state index in [1.165, 1.54) is 33.3 Å². The second kappa shape index (κ2) is 11.4. The number of sulfonamides is 1. The normalized spacial score (nSPS) is 13.9. The highest BCUT2D eigenvalue weighted by Crippen LogP contribution is 2.33. The molecular weight excluding hydrogens is 532 g/mol. The van der Waals surface area contributed by atoms with Crippen molar-refractivity contribution >= 4 is 42.6 Å². The van der Waals surface area contributed by atoms with Gasteiger partial charge in [-0.1, -0.05) is 35.6 Å². The summed E-state index contributed by atoms with van der Waals surface area (Å²) in [5.74, 6) is 0.521. The summed E-state index contributed by atoms with van der Waals surface area (Å²) in [5.41, 5.74) is 3.43. The van der Waals surface area contributed by atoms with E-state index in [0.29, 0.717) is 36.8 Å². The van der Waals surface area contributed by atoms with Crippen LogP contribution in [0.4, 0.5) is 5.13 Å². The largest absolute Gasteiger partial charge is 0.497 e. The van der Waals surface area contributed by atoms with Crippen molar-refractivity contribution < 1.29 is 17.9 Å². The van der Waals surface area contributed by atoms with E-state index in [2.05, 4.69) is 4.90 Å². The molecule has 0 fully saturated rings. The van der Waals surface area contributed by atoms with Crippen molar-refractivity contribution in [1.82, 2.24) is 14.2 Å². The van der Waals surface area contributed by atoms with E-state index in [-0.39, 0.29) is 10.8 Å². The van der Waals surface area contributed by atoms with Gasteiger partial charge in [0.2, 0.25) is 10.0 Å². The molecule has 39 heavy (non-hydrogen) atoms. The minimum Gasteiger partial charge on any atom is -0.497 e. The second-order valence-corrected chi connectivity index (χ2v) is 12.8. The third kappa shape index (κ3) is 5.84. The van der Waals surface area contributed by atoms with E-state index < -0.39 is 10.0 Å². The lowest BCUT2D eigenvalue weighted by Crippen LogP contribution is -2.36. The van der Waals surface area contributed by atoms with Crippen molar-refractivity contribution in [2.75, 3.05) is 45.7 Å². The van der Waals surface area contributed by atoms with Gasteiger partial charge in [0.15, 0.2) is 5.13 Å². The van der Waals surface area contributed by atoms with Gasteiger partial charge >= 0.3 is 0 Å².